The summed E-state index contributed by atoms with van der Waals surface area (Å²) in [5, 5.41) is 0. The normalized spacial score (nSPS) is 24.1. The van der Waals surface area contributed by atoms with Gasteiger partial charge in [-0.25, -0.2) is 0 Å². The molecule has 174 valence electrons. The minimum Gasteiger partial charge on any atom is -0.465 e. The molecule has 0 saturated carbocycles. The molecule has 3 nitrogen and oxygen atoms in total. The molecular weight excluding hydrogens is 432 g/mol. The molecule has 0 N–H and O–H groups in total. The van der Waals surface area contributed by atoms with E-state index in [9.17, 15) is 9.59 Å². The van der Waals surface area contributed by atoms with Crippen molar-refractivity contribution in [2.45, 2.75) is 50.4 Å². The highest BCUT2D eigenvalue weighted by Gasteiger charge is 2.45. The highest BCUT2D eigenvalue weighted by atomic mass is 16.5. The Labute approximate surface area is 206 Å². The quantitative estimate of drug-likeness (QED) is 0.426. The second kappa shape index (κ2) is 8.81. The van der Waals surface area contributed by atoms with Crippen molar-refractivity contribution >= 4 is 11.6 Å². The van der Waals surface area contributed by atoms with Crippen molar-refractivity contribution in [3.05, 3.63) is 130 Å². The van der Waals surface area contributed by atoms with Gasteiger partial charge in [-0.05, 0) is 35.4 Å². The van der Waals surface area contributed by atoms with Gasteiger partial charge in [0.25, 0.3) is 0 Å². The van der Waals surface area contributed by atoms with Crippen molar-refractivity contribution in [3.63, 3.8) is 0 Å². The molecule has 3 aromatic rings. The smallest absolute Gasteiger partial charge is 0.163 e. The Morgan fingerprint density at radius 2 is 1.03 bits per heavy atom. The molecule has 0 aromatic heterocycles. The van der Waals surface area contributed by atoms with E-state index in [1.54, 1.807) is 0 Å². The second-order valence-electron chi connectivity index (χ2n) is 10.00. The third-order valence-electron chi connectivity index (χ3n) is 7.71. The zero-order valence-corrected chi connectivity index (χ0v) is 19.9. The molecule has 0 amide bonds. The Hall–Kier alpha value is -3.72. The highest BCUT2D eigenvalue weighted by molar-refractivity contribution is 6.06. The van der Waals surface area contributed by atoms with Gasteiger partial charge in [0.2, 0.25) is 0 Å². The summed E-state index contributed by atoms with van der Waals surface area (Å²) in [6.07, 6.45) is 2.23. The van der Waals surface area contributed by atoms with Crippen LogP contribution in [0, 0.1) is 6.92 Å². The Bertz CT molecular complexity index is 1260. The van der Waals surface area contributed by atoms with E-state index in [1.807, 2.05) is 36.4 Å². The van der Waals surface area contributed by atoms with E-state index in [4.69, 9.17) is 4.74 Å². The fourth-order valence-corrected chi connectivity index (χ4v) is 5.93. The topological polar surface area (TPSA) is 43.4 Å². The summed E-state index contributed by atoms with van der Waals surface area (Å²) in [6.45, 7) is 2.05. The lowest BCUT2D eigenvalue weighted by Crippen LogP contribution is -2.33. The van der Waals surface area contributed by atoms with Crippen LogP contribution >= 0.6 is 0 Å². The molecule has 2 unspecified atom stereocenters. The number of carbonyl (C=O) groups excluding carboxylic acids is 2. The first kappa shape index (κ1) is 21.8. The van der Waals surface area contributed by atoms with Crippen LogP contribution in [0.4, 0.5) is 0 Å². The molecule has 0 spiro atoms. The summed E-state index contributed by atoms with van der Waals surface area (Å²) in [5.74, 6) is 1.52. The Morgan fingerprint density at radius 3 is 1.49 bits per heavy atom. The molecule has 0 bridgehead atoms. The number of hydrogen-bond donors (Lipinski definition) is 0. The first-order valence-corrected chi connectivity index (χ1v) is 12.4. The maximum Gasteiger partial charge on any atom is 0.163 e. The SMILES string of the molecule is Cc1ccc(C2C3=C(CC(c4ccccc4)CC3=O)OC3=C2C(=O)CC(c2ccccc2)C3)cc1. The zero-order valence-electron chi connectivity index (χ0n) is 19.9. The van der Waals surface area contributed by atoms with Crippen molar-refractivity contribution in [2.24, 2.45) is 0 Å². The van der Waals surface area contributed by atoms with Crippen LogP contribution in [0.15, 0.2) is 108 Å². The molecule has 2 aliphatic carbocycles. The fourth-order valence-electron chi connectivity index (χ4n) is 5.93. The van der Waals surface area contributed by atoms with Crippen LogP contribution in [0.2, 0.25) is 0 Å². The first-order chi connectivity index (χ1) is 17.1. The van der Waals surface area contributed by atoms with Gasteiger partial charge in [0.1, 0.15) is 11.5 Å². The Kier molecular flexibility index (Phi) is 5.49. The predicted molar refractivity (Wildman–Crippen MR) is 136 cm³/mol. The molecule has 3 heteroatoms. The van der Waals surface area contributed by atoms with E-state index in [0.717, 1.165) is 33.8 Å². The lowest BCUT2D eigenvalue weighted by Gasteiger charge is -2.39. The average Bonchev–Trinajstić information content (AvgIpc) is 2.89. The minimum atomic E-state index is -0.345. The number of Topliss-reactive ketones (excluding diaryl/α,β-unsaturated/α-hetero) is 2. The zero-order chi connectivity index (χ0) is 23.9. The summed E-state index contributed by atoms with van der Waals surface area (Å²) >= 11 is 0. The number of aryl methyl sites for hydroxylation is 1. The van der Waals surface area contributed by atoms with E-state index >= 15 is 0 Å². The number of rotatable bonds is 3. The van der Waals surface area contributed by atoms with Gasteiger partial charge in [-0.3, -0.25) is 9.59 Å². The standard InChI is InChI=1S/C32H28O3/c1-20-12-14-23(15-13-20)30-31-26(33)16-24(21-8-4-2-5-9-21)18-28(31)35-29-19-25(17-27(34)32(29)30)22-10-6-3-7-11-22/h2-15,24-25,30H,16-19H2,1H3. The van der Waals surface area contributed by atoms with Crippen molar-refractivity contribution in [2.75, 3.05) is 0 Å². The van der Waals surface area contributed by atoms with Gasteiger partial charge in [0.15, 0.2) is 11.6 Å². The molecule has 3 aromatic carbocycles. The van der Waals surface area contributed by atoms with Crippen LogP contribution in [0.5, 0.6) is 0 Å². The van der Waals surface area contributed by atoms with Crippen LogP contribution in [0.1, 0.15) is 65.7 Å². The second-order valence-corrected chi connectivity index (χ2v) is 10.00. The molecule has 6 rings (SSSR count). The van der Waals surface area contributed by atoms with Crippen LogP contribution in [-0.4, -0.2) is 11.6 Å². The Balaban J connectivity index is 1.44. The van der Waals surface area contributed by atoms with Gasteiger partial charge in [-0.2, -0.15) is 0 Å². The average molecular weight is 461 g/mol. The maximum absolute atomic E-state index is 13.7. The van der Waals surface area contributed by atoms with E-state index in [-0.39, 0.29) is 29.3 Å². The summed E-state index contributed by atoms with van der Waals surface area (Å²) in [4.78, 5) is 27.3. The van der Waals surface area contributed by atoms with Gasteiger partial charge in [0, 0.05) is 42.7 Å². The monoisotopic (exact) mass is 460 g/mol. The minimum absolute atomic E-state index is 0.0903. The van der Waals surface area contributed by atoms with E-state index in [1.165, 1.54) is 0 Å². The van der Waals surface area contributed by atoms with E-state index in [0.29, 0.717) is 36.8 Å². The summed E-state index contributed by atoms with van der Waals surface area (Å²) < 4.78 is 6.53. The molecular formula is C32H28O3. The van der Waals surface area contributed by atoms with Crippen molar-refractivity contribution in [3.8, 4) is 0 Å². The Morgan fingerprint density at radius 1 is 0.571 bits per heavy atom. The number of ketones is 2. The number of ether oxygens (including phenoxy) is 1. The molecule has 0 fully saturated rings. The highest BCUT2D eigenvalue weighted by Crippen LogP contribution is 2.51. The summed E-state index contributed by atoms with van der Waals surface area (Å²) in [5.41, 5.74) is 5.84. The number of hydrogen-bond acceptors (Lipinski definition) is 3. The van der Waals surface area contributed by atoms with Crippen LogP contribution in [0.3, 0.4) is 0 Å². The first-order valence-electron chi connectivity index (χ1n) is 12.4. The van der Waals surface area contributed by atoms with Crippen molar-refractivity contribution < 1.29 is 14.3 Å². The van der Waals surface area contributed by atoms with E-state index in [2.05, 4.69) is 55.5 Å². The van der Waals surface area contributed by atoms with Gasteiger partial charge in [-0.15, -0.1) is 0 Å². The molecule has 0 radical (unpaired) electrons. The summed E-state index contributed by atoms with van der Waals surface area (Å²) in [7, 11) is 0. The molecule has 2 atom stereocenters. The largest absolute Gasteiger partial charge is 0.465 e. The molecule has 1 heterocycles. The molecule has 1 aliphatic heterocycles. The fraction of sp³-hybridized carbons (Fsp3) is 0.250. The number of allylic oxidation sites excluding steroid dienone is 4. The van der Waals surface area contributed by atoms with Gasteiger partial charge >= 0.3 is 0 Å². The van der Waals surface area contributed by atoms with Gasteiger partial charge < -0.3 is 4.74 Å². The van der Waals surface area contributed by atoms with Crippen LogP contribution < -0.4 is 0 Å². The lowest BCUT2D eigenvalue weighted by atomic mass is 9.69. The maximum atomic E-state index is 13.7. The van der Waals surface area contributed by atoms with Crippen LogP contribution in [-0.2, 0) is 14.3 Å². The third-order valence-corrected chi connectivity index (χ3v) is 7.71. The van der Waals surface area contributed by atoms with Crippen molar-refractivity contribution in [1.29, 1.82) is 0 Å². The molecule has 35 heavy (non-hydrogen) atoms. The number of carbonyl (C=O) groups is 2. The summed E-state index contributed by atoms with van der Waals surface area (Å²) in [6, 6.07) is 28.7. The van der Waals surface area contributed by atoms with E-state index < -0.39 is 0 Å². The molecule has 0 saturated heterocycles. The predicted octanol–water partition coefficient (Wildman–Crippen LogP) is 6.91. The van der Waals surface area contributed by atoms with Gasteiger partial charge in [-0.1, -0.05) is 90.5 Å². The van der Waals surface area contributed by atoms with Crippen LogP contribution in [0.25, 0.3) is 0 Å². The molecule has 3 aliphatic rings. The van der Waals surface area contributed by atoms with Gasteiger partial charge in [0.05, 0.1) is 0 Å². The third kappa shape index (κ3) is 3.95. The number of benzene rings is 3. The van der Waals surface area contributed by atoms with Crippen molar-refractivity contribution in [1.82, 2.24) is 0 Å². The lowest BCUT2D eigenvalue weighted by molar-refractivity contribution is -0.118.